The van der Waals surface area contributed by atoms with Crippen molar-refractivity contribution in [2.24, 2.45) is 0 Å². The average Bonchev–Trinajstić information content (AvgIpc) is 2.21. The minimum Gasteiger partial charge on any atom is -0.699 e. The summed E-state index contributed by atoms with van der Waals surface area (Å²) in [5.74, 6) is -0.199. The summed E-state index contributed by atoms with van der Waals surface area (Å²) in [6.45, 7) is 1.41. The molecule has 0 bridgehead atoms. The van der Waals surface area contributed by atoms with E-state index in [1.165, 1.54) is 31.2 Å². The first-order valence-corrected chi connectivity index (χ1v) is 6.20. The van der Waals surface area contributed by atoms with Crippen LogP contribution in [0.2, 0.25) is 0 Å². The Hall–Kier alpha value is -0.686. The van der Waals surface area contributed by atoms with Gasteiger partial charge in [-0.1, -0.05) is 18.2 Å². The van der Waals surface area contributed by atoms with Gasteiger partial charge in [0.25, 0.3) is 10.1 Å². The van der Waals surface area contributed by atoms with Gasteiger partial charge in [0.05, 0.1) is 0 Å². The van der Waals surface area contributed by atoms with Crippen LogP contribution in [0.15, 0.2) is 29.2 Å². The molecule has 0 aliphatic heterocycles. The van der Waals surface area contributed by atoms with Gasteiger partial charge in [-0.15, -0.1) is 5.69 Å². The van der Waals surface area contributed by atoms with Crippen LogP contribution in [0.25, 0.3) is 16.5 Å². The Labute approximate surface area is 130 Å². The molecular formula is C11H10NO4SY+2. The van der Waals surface area contributed by atoms with Crippen LogP contribution in [0.4, 0.5) is 5.69 Å². The summed E-state index contributed by atoms with van der Waals surface area (Å²) in [6, 6.07) is 5.70. The fourth-order valence-corrected chi connectivity index (χ4v) is 2.49. The molecule has 0 amide bonds. The molecule has 0 heterocycles. The first-order chi connectivity index (χ1) is 7.80. The molecular weight excluding hydrogens is 331 g/mol. The minimum absolute atomic E-state index is 0. The topological polar surface area (TPSA) is 98.4 Å². The van der Waals surface area contributed by atoms with Crippen LogP contribution >= 0.6 is 0 Å². The fourth-order valence-electron chi connectivity index (χ4n) is 1.73. The first kappa shape index (κ1) is 15.4. The van der Waals surface area contributed by atoms with Gasteiger partial charge in [-0.2, -0.15) is 8.42 Å². The maximum Gasteiger partial charge on any atom is 3.00 e. The molecule has 7 heteroatoms. The molecule has 5 nitrogen and oxygen atoms in total. The summed E-state index contributed by atoms with van der Waals surface area (Å²) in [4.78, 5) is -0.340. The maximum absolute atomic E-state index is 11.1. The van der Waals surface area contributed by atoms with E-state index >= 15 is 0 Å². The Morgan fingerprint density at radius 1 is 1.22 bits per heavy atom. The molecule has 0 radical (unpaired) electrons. The SMILES string of the molecule is Cc1c(S(=O)(=O)O)cc2cc([NH-])ccc2c1O.[Y+3]. The molecule has 2 aromatic carbocycles. The van der Waals surface area contributed by atoms with Crippen LogP contribution < -0.4 is 0 Å². The smallest absolute Gasteiger partial charge is 0.699 e. The van der Waals surface area contributed by atoms with Crippen molar-refractivity contribution < 1.29 is 50.8 Å². The van der Waals surface area contributed by atoms with Gasteiger partial charge in [0.15, 0.2) is 0 Å². The summed E-state index contributed by atoms with van der Waals surface area (Å²) < 4.78 is 31.3. The number of hydrogen-bond donors (Lipinski definition) is 2. The third kappa shape index (κ3) is 2.66. The van der Waals surface area contributed by atoms with Crippen LogP contribution in [0.5, 0.6) is 5.75 Å². The molecule has 0 atom stereocenters. The number of fused-ring (bicyclic) bond motifs is 1. The quantitative estimate of drug-likeness (QED) is 0.779. The van der Waals surface area contributed by atoms with Crippen LogP contribution in [-0.2, 0) is 42.8 Å². The summed E-state index contributed by atoms with van der Waals surface area (Å²) in [7, 11) is -4.38. The van der Waals surface area contributed by atoms with Gasteiger partial charge >= 0.3 is 32.7 Å². The van der Waals surface area contributed by atoms with Crippen molar-refractivity contribution in [3.05, 3.63) is 35.6 Å². The summed E-state index contributed by atoms with van der Waals surface area (Å²) in [5.41, 5.74) is 7.73. The second-order valence-electron chi connectivity index (χ2n) is 3.76. The Morgan fingerprint density at radius 2 is 1.83 bits per heavy atom. The van der Waals surface area contributed by atoms with Gasteiger partial charge in [0.2, 0.25) is 0 Å². The molecule has 0 aliphatic carbocycles. The molecule has 2 aromatic rings. The summed E-state index contributed by atoms with van der Waals surface area (Å²) >= 11 is 0. The zero-order valence-corrected chi connectivity index (χ0v) is 13.2. The van der Waals surface area contributed by atoms with Crippen molar-refractivity contribution in [1.82, 2.24) is 0 Å². The van der Waals surface area contributed by atoms with Crippen LogP contribution in [0.1, 0.15) is 5.56 Å². The molecule has 18 heavy (non-hydrogen) atoms. The van der Waals surface area contributed by atoms with Crippen LogP contribution in [0.3, 0.4) is 0 Å². The largest absolute Gasteiger partial charge is 3.00 e. The molecule has 0 saturated carbocycles. The molecule has 0 unspecified atom stereocenters. The molecule has 0 saturated heterocycles. The molecule has 0 aromatic heterocycles. The van der Waals surface area contributed by atoms with Gasteiger partial charge in [0.1, 0.15) is 10.6 Å². The molecule has 90 valence electrons. The number of benzene rings is 2. The van der Waals surface area contributed by atoms with Gasteiger partial charge < -0.3 is 10.8 Å². The third-order valence-corrected chi connectivity index (χ3v) is 3.58. The van der Waals surface area contributed by atoms with Gasteiger partial charge in [-0.25, -0.2) is 0 Å². The predicted molar refractivity (Wildman–Crippen MR) is 64.1 cm³/mol. The molecule has 2 rings (SSSR count). The second kappa shape index (κ2) is 5.13. The number of phenols is 1. The molecule has 3 N–H and O–H groups in total. The van der Waals surface area contributed by atoms with E-state index in [9.17, 15) is 13.5 Å². The van der Waals surface area contributed by atoms with Gasteiger partial charge in [-0.05, 0) is 18.4 Å². The Kier molecular flexibility index (Phi) is 4.38. The van der Waals surface area contributed by atoms with Crippen molar-refractivity contribution in [3.8, 4) is 5.75 Å². The Balaban J connectivity index is 0.00000162. The zero-order chi connectivity index (χ0) is 12.8. The third-order valence-electron chi connectivity index (χ3n) is 2.60. The van der Waals surface area contributed by atoms with Crippen molar-refractivity contribution in [2.45, 2.75) is 11.8 Å². The van der Waals surface area contributed by atoms with E-state index in [2.05, 4.69) is 0 Å². The molecule has 0 fully saturated rings. The zero-order valence-electron chi connectivity index (χ0n) is 9.51. The first-order valence-electron chi connectivity index (χ1n) is 4.76. The van der Waals surface area contributed by atoms with E-state index in [1.54, 1.807) is 0 Å². The number of rotatable bonds is 1. The number of aromatic hydroxyl groups is 1. The van der Waals surface area contributed by atoms with E-state index in [0.29, 0.717) is 10.8 Å². The van der Waals surface area contributed by atoms with Crippen LogP contribution in [-0.4, -0.2) is 18.1 Å². The van der Waals surface area contributed by atoms with E-state index in [-0.39, 0.29) is 54.6 Å². The minimum atomic E-state index is -4.38. The normalized spacial score (nSPS) is 11.2. The molecule has 0 spiro atoms. The Morgan fingerprint density at radius 3 is 2.39 bits per heavy atom. The number of phenolic OH excluding ortho intramolecular Hbond substituents is 1. The van der Waals surface area contributed by atoms with E-state index in [4.69, 9.17) is 10.3 Å². The second-order valence-corrected chi connectivity index (χ2v) is 5.15. The van der Waals surface area contributed by atoms with Crippen molar-refractivity contribution in [2.75, 3.05) is 0 Å². The number of hydrogen-bond acceptors (Lipinski definition) is 3. The monoisotopic (exact) mass is 341 g/mol. The molecule has 0 aliphatic rings. The number of nitrogens with one attached hydrogen (secondary N) is 1. The average molecular weight is 341 g/mol. The van der Waals surface area contributed by atoms with Gasteiger partial charge in [0, 0.05) is 10.9 Å². The summed E-state index contributed by atoms with van der Waals surface area (Å²) in [5, 5.41) is 10.7. The summed E-state index contributed by atoms with van der Waals surface area (Å²) in [6.07, 6.45) is 0. The predicted octanol–water partition coefficient (Wildman–Crippen LogP) is 2.78. The fraction of sp³-hybridized carbons (Fsp3) is 0.0909. The maximum atomic E-state index is 11.1. The van der Waals surface area contributed by atoms with E-state index in [0.717, 1.165) is 0 Å². The van der Waals surface area contributed by atoms with E-state index in [1.807, 2.05) is 0 Å². The standard InChI is InChI=1S/C11H10NO4S.Y/c1-6-10(17(14,15)16)5-7-4-8(12)2-3-9(7)11(6)13;/h2-5,12-13H,1H3,(H,14,15,16);/q-1;+3. The van der Waals surface area contributed by atoms with Crippen molar-refractivity contribution >= 4 is 26.6 Å². The van der Waals surface area contributed by atoms with E-state index < -0.39 is 10.1 Å². The van der Waals surface area contributed by atoms with Crippen molar-refractivity contribution in [3.63, 3.8) is 0 Å². The van der Waals surface area contributed by atoms with Crippen molar-refractivity contribution in [1.29, 1.82) is 0 Å². The van der Waals surface area contributed by atoms with Gasteiger partial charge in [-0.3, -0.25) is 4.55 Å². The Bertz CT molecular complexity index is 713. The van der Waals surface area contributed by atoms with Crippen LogP contribution in [0, 0.1) is 6.92 Å².